The Morgan fingerprint density at radius 3 is 2.50 bits per heavy atom. The number of anilines is 2. The van der Waals surface area contributed by atoms with Gasteiger partial charge in [-0.25, -0.2) is 0 Å². The largest absolute Gasteiger partial charge is 0.399 e. The van der Waals surface area contributed by atoms with Gasteiger partial charge in [-0.1, -0.05) is 19.1 Å². The van der Waals surface area contributed by atoms with Crippen molar-refractivity contribution in [1.29, 1.82) is 0 Å². The summed E-state index contributed by atoms with van der Waals surface area (Å²) in [6.07, 6.45) is 0.675. The van der Waals surface area contributed by atoms with Crippen molar-refractivity contribution < 1.29 is 4.52 Å². The molecule has 1 heterocycles. The van der Waals surface area contributed by atoms with Crippen LogP contribution in [0.3, 0.4) is 0 Å². The van der Waals surface area contributed by atoms with E-state index in [-0.39, 0.29) is 5.95 Å². The lowest BCUT2D eigenvalue weighted by atomic mass is 9.98. The van der Waals surface area contributed by atoms with Crippen LogP contribution in [0.5, 0.6) is 0 Å². The first kappa shape index (κ1) is 10.5. The summed E-state index contributed by atoms with van der Waals surface area (Å²) in [5.41, 5.74) is 13.0. The molecule has 0 spiro atoms. The highest BCUT2D eigenvalue weighted by Gasteiger charge is 2.11. The van der Waals surface area contributed by atoms with E-state index in [4.69, 9.17) is 16.0 Å². The Kier molecular flexibility index (Phi) is 2.76. The minimum atomic E-state index is 0.180. The maximum Gasteiger partial charge on any atom is 0.260 e. The van der Waals surface area contributed by atoms with Crippen LogP contribution in [0.1, 0.15) is 24.3 Å². The molecular weight excluding hydrogens is 204 g/mol. The molecule has 2 rings (SSSR count). The average molecular weight is 218 g/mol. The number of benzene rings is 1. The minimum absolute atomic E-state index is 0.180. The molecule has 0 saturated heterocycles. The number of rotatable bonds is 3. The van der Waals surface area contributed by atoms with Gasteiger partial charge in [0.05, 0.1) is 0 Å². The maximum atomic E-state index is 5.63. The fourth-order valence-electron chi connectivity index (χ4n) is 1.56. The average Bonchev–Trinajstić information content (AvgIpc) is 2.65. The molecule has 0 radical (unpaired) electrons. The van der Waals surface area contributed by atoms with Crippen LogP contribution >= 0.6 is 0 Å². The summed E-state index contributed by atoms with van der Waals surface area (Å²) in [7, 11) is 0. The van der Waals surface area contributed by atoms with Crippen molar-refractivity contribution in [3.63, 3.8) is 0 Å². The molecule has 84 valence electrons. The van der Waals surface area contributed by atoms with Crippen LogP contribution in [-0.4, -0.2) is 10.1 Å². The van der Waals surface area contributed by atoms with Gasteiger partial charge in [0.2, 0.25) is 5.89 Å². The van der Waals surface area contributed by atoms with Gasteiger partial charge in [0.1, 0.15) is 0 Å². The number of hydrogen-bond donors (Lipinski definition) is 2. The Bertz CT molecular complexity index is 463. The Balaban J connectivity index is 2.08. The van der Waals surface area contributed by atoms with Gasteiger partial charge in [0, 0.05) is 12.1 Å². The first-order chi connectivity index (χ1) is 7.65. The molecule has 2 aromatic rings. The molecule has 0 fully saturated rings. The number of hydrogen-bond acceptors (Lipinski definition) is 5. The van der Waals surface area contributed by atoms with E-state index in [1.165, 1.54) is 5.56 Å². The van der Waals surface area contributed by atoms with Crippen LogP contribution in [0.15, 0.2) is 28.8 Å². The highest BCUT2D eigenvalue weighted by atomic mass is 16.5. The fraction of sp³-hybridized carbons (Fsp3) is 0.273. The number of nitrogen functional groups attached to an aromatic ring is 2. The summed E-state index contributed by atoms with van der Waals surface area (Å²) in [6.45, 7) is 2.09. The van der Waals surface area contributed by atoms with Crippen molar-refractivity contribution in [2.24, 2.45) is 0 Å². The van der Waals surface area contributed by atoms with E-state index in [9.17, 15) is 0 Å². The quantitative estimate of drug-likeness (QED) is 0.763. The third kappa shape index (κ3) is 2.31. The summed E-state index contributed by atoms with van der Waals surface area (Å²) in [6, 6.07) is 7.77. The summed E-state index contributed by atoms with van der Waals surface area (Å²) in [5.74, 6) is 1.03. The first-order valence-corrected chi connectivity index (χ1v) is 5.08. The van der Waals surface area contributed by atoms with E-state index in [0.717, 1.165) is 5.69 Å². The van der Waals surface area contributed by atoms with E-state index >= 15 is 0 Å². The van der Waals surface area contributed by atoms with Crippen LogP contribution in [-0.2, 0) is 6.42 Å². The molecule has 4 N–H and O–H groups in total. The Hall–Kier alpha value is -2.04. The number of nitrogens with zero attached hydrogens (tertiary/aromatic N) is 2. The summed E-state index contributed by atoms with van der Waals surface area (Å²) in [4.78, 5) is 3.97. The Morgan fingerprint density at radius 1 is 1.25 bits per heavy atom. The maximum absolute atomic E-state index is 5.63. The first-order valence-electron chi connectivity index (χ1n) is 5.08. The molecule has 1 atom stereocenters. The molecule has 1 unspecified atom stereocenters. The molecule has 0 bridgehead atoms. The predicted molar refractivity (Wildman–Crippen MR) is 61.7 cm³/mol. The highest BCUT2D eigenvalue weighted by molar-refractivity contribution is 5.40. The zero-order chi connectivity index (χ0) is 11.5. The predicted octanol–water partition coefficient (Wildman–Crippen LogP) is 1.58. The topological polar surface area (TPSA) is 91.0 Å². The van der Waals surface area contributed by atoms with Gasteiger partial charge in [-0.15, -0.1) is 0 Å². The van der Waals surface area contributed by atoms with Crippen molar-refractivity contribution in [2.45, 2.75) is 19.3 Å². The van der Waals surface area contributed by atoms with E-state index in [1.54, 1.807) is 0 Å². The molecular formula is C11H14N4O. The lowest BCUT2D eigenvalue weighted by Gasteiger charge is -2.08. The third-order valence-corrected chi connectivity index (χ3v) is 2.47. The van der Waals surface area contributed by atoms with Crippen LogP contribution in [0.25, 0.3) is 0 Å². The van der Waals surface area contributed by atoms with Crippen molar-refractivity contribution in [2.75, 3.05) is 11.5 Å². The summed E-state index contributed by atoms with van der Waals surface area (Å²) >= 11 is 0. The van der Waals surface area contributed by atoms with E-state index < -0.39 is 0 Å². The van der Waals surface area contributed by atoms with Gasteiger partial charge in [-0.2, -0.15) is 4.98 Å². The van der Waals surface area contributed by atoms with Gasteiger partial charge in [-0.3, -0.25) is 0 Å². The molecule has 0 aliphatic heterocycles. The lowest BCUT2D eigenvalue weighted by Crippen LogP contribution is -1.99. The van der Waals surface area contributed by atoms with Gasteiger partial charge in [0.25, 0.3) is 5.95 Å². The van der Waals surface area contributed by atoms with Crippen LogP contribution in [0.2, 0.25) is 0 Å². The second-order valence-electron chi connectivity index (χ2n) is 3.82. The van der Waals surface area contributed by atoms with Crippen LogP contribution in [0.4, 0.5) is 11.6 Å². The van der Waals surface area contributed by atoms with Crippen LogP contribution < -0.4 is 11.5 Å². The molecule has 0 amide bonds. The standard InChI is InChI=1S/C11H14N4O/c1-7(6-10-14-11(13)15-16-10)8-2-4-9(12)5-3-8/h2-5,7H,6,12H2,1H3,(H2,13,15). The Morgan fingerprint density at radius 2 is 1.94 bits per heavy atom. The van der Waals surface area contributed by atoms with E-state index in [0.29, 0.717) is 18.2 Å². The number of nitrogens with two attached hydrogens (primary N) is 2. The molecule has 5 nitrogen and oxygen atoms in total. The van der Waals surface area contributed by atoms with Crippen molar-refractivity contribution >= 4 is 11.6 Å². The summed E-state index contributed by atoms with van der Waals surface area (Å²) in [5, 5.41) is 3.55. The van der Waals surface area contributed by atoms with Crippen molar-refractivity contribution in [3.05, 3.63) is 35.7 Å². The molecule has 16 heavy (non-hydrogen) atoms. The molecule has 0 saturated carbocycles. The third-order valence-electron chi connectivity index (χ3n) is 2.47. The zero-order valence-corrected chi connectivity index (χ0v) is 9.05. The molecule has 5 heteroatoms. The van der Waals surface area contributed by atoms with Crippen molar-refractivity contribution in [1.82, 2.24) is 10.1 Å². The number of aromatic nitrogens is 2. The minimum Gasteiger partial charge on any atom is -0.399 e. The van der Waals surface area contributed by atoms with Gasteiger partial charge in [0.15, 0.2) is 0 Å². The Labute approximate surface area is 93.4 Å². The van der Waals surface area contributed by atoms with Gasteiger partial charge in [-0.05, 0) is 28.8 Å². The SMILES string of the molecule is CC(Cc1nc(N)no1)c1ccc(N)cc1. The monoisotopic (exact) mass is 218 g/mol. The lowest BCUT2D eigenvalue weighted by molar-refractivity contribution is 0.372. The van der Waals surface area contributed by atoms with E-state index in [1.807, 2.05) is 24.3 Å². The van der Waals surface area contributed by atoms with Gasteiger partial charge < -0.3 is 16.0 Å². The summed E-state index contributed by atoms with van der Waals surface area (Å²) < 4.78 is 4.97. The molecule has 0 aliphatic carbocycles. The van der Waals surface area contributed by atoms with Crippen molar-refractivity contribution in [3.8, 4) is 0 Å². The molecule has 1 aromatic heterocycles. The zero-order valence-electron chi connectivity index (χ0n) is 9.05. The molecule has 1 aromatic carbocycles. The van der Waals surface area contributed by atoms with E-state index in [2.05, 4.69) is 17.1 Å². The van der Waals surface area contributed by atoms with Gasteiger partial charge >= 0.3 is 0 Å². The second kappa shape index (κ2) is 4.22. The smallest absolute Gasteiger partial charge is 0.260 e. The second-order valence-corrected chi connectivity index (χ2v) is 3.82. The fourth-order valence-corrected chi connectivity index (χ4v) is 1.56. The van der Waals surface area contributed by atoms with Crippen LogP contribution in [0, 0.1) is 0 Å². The highest BCUT2D eigenvalue weighted by Crippen LogP contribution is 2.20. The molecule has 0 aliphatic rings. The normalized spacial score (nSPS) is 12.6.